The lowest BCUT2D eigenvalue weighted by molar-refractivity contribution is -0.141. The molecule has 146 valence electrons. The van der Waals surface area contributed by atoms with Crippen molar-refractivity contribution in [3.8, 4) is 5.82 Å². The van der Waals surface area contributed by atoms with Crippen molar-refractivity contribution in [2.45, 2.75) is 31.9 Å². The number of carbonyl (C=O) groups excluding carboxylic acids is 1. The smallest absolute Gasteiger partial charge is 0.320 e. The van der Waals surface area contributed by atoms with Gasteiger partial charge in [-0.15, -0.1) is 11.3 Å². The van der Waals surface area contributed by atoms with Crippen LogP contribution in [0.2, 0.25) is 5.02 Å². The van der Waals surface area contributed by atoms with Crippen molar-refractivity contribution in [3.63, 3.8) is 0 Å². The Hall–Kier alpha value is -2.46. The number of hydrogen-bond donors (Lipinski definition) is 1. The minimum atomic E-state index is -4.65. The van der Waals surface area contributed by atoms with Crippen molar-refractivity contribution < 1.29 is 18.0 Å². The molecule has 0 radical (unpaired) electrons. The van der Waals surface area contributed by atoms with E-state index in [4.69, 9.17) is 11.6 Å². The Bertz CT molecular complexity index is 1040. The van der Waals surface area contributed by atoms with Crippen molar-refractivity contribution in [2.75, 3.05) is 5.32 Å². The van der Waals surface area contributed by atoms with Gasteiger partial charge in [0.05, 0.1) is 33.8 Å². The molecule has 0 bridgehead atoms. The van der Waals surface area contributed by atoms with Gasteiger partial charge in [0, 0.05) is 5.92 Å². The Balaban J connectivity index is 1.61. The van der Waals surface area contributed by atoms with Crippen molar-refractivity contribution in [1.82, 2.24) is 19.7 Å². The summed E-state index contributed by atoms with van der Waals surface area (Å²) in [6, 6.07) is 3.04. The lowest BCUT2D eigenvalue weighted by Crippen LogP contribution is -2.11. The summed E-state index contributed by atoms with van der Waals surface area (Å²) >= 11 is 7.23. The number of halogens is 4. The van der Waals surface area contributed by atoms with Crippen molar-refractivity contribution in [2.24, 2.45) is 0 Å². The Morgan fingerprint density at radius 3 is 2.57 bits per heavy atom. The van der Waals surface area contributed by atoms with Gasteiger partial charge in [-0.05, 0) is 31.9 Å². The van der Waals surface area contributed by atoms with Crippen LogP contribution in [0.25, 0.3) is 5.82 Å². The Morgan fingerprint density at radius 2 is 2.04 bits per heavy atom. The molecule has 1 fully saturated rings. The van der Waals surface area contributed by atoms with Crippen molar-refractivity contribution in [1.29, 1.82) is 0 Å². The summed E-state index contributed by atoms with van der Waals surface area (Å²) in [5.41, 5.74) is -0.392. The topological polar surface area (TPSA) is 72.7 Å². The number of nitrogens with one attached hydrogen (secondary N) is 1. The molecule has 28 heavy (non-hydrogen) atoms. The van der Waals surface area contributed by atoms with Crippen LogP contribution in [-0.2, 0) is 6.18 Å². The number of aryl methyl sites for hydroxylation is 1. The highest BCUT2D eigenvalue weighted by molar-refractivity contribution is 7.13. The molecule has 1 saturated carbocycles. The summed E-state index contributed by atoms with van der Waals surface area (Å²) in [7, 11) is 0. The molecule has 3 aromatic rings. The molecule has 3 aromatic heterocycles. The van der Waals surface area contributed by atoms with Crippen molar-refractivity contribution >= 4 is 34.5 Å². The summed E-state index contributed by atoms with van der Waals surface area (Å²) < 4.78 is 40.7. The van der Waals surface area contributed by atoms with Gasteiger partial charge in [-0.25, -0.2) is 14.6 Å². The molecule has 0 spiro atoms. The summed E-state index contributed by atoms with van der Waals surface area (Å²) in [6.07, 6.45) is -0.299. The third-order valence-electron chi connectivity index (χ3n) is 4.16. The predicted octanol–water partition coefficient (Wildman–Crippen LogP) is 4.83. The number of pyridine rings is 1. The van der Waals surface area contributed by atoms with E-state index in [-0.39, 0.29) is 22.7 Å². The van der Waals surface area contributed by atoms with Gasteiger partial charge in [0.25, 0.3) is 5.91 Å². The molecule has 6 nitrogen and oxygen atoms in total. The second-order valence-electron chi connectivity index (χ2n) is 6.33. The number of nitrogens with zero attached hydrogens (tertiary/aromatic N) is 4. The molecule has 1 aliphatic carbocycles. The first kappa shape index (κ1) is 18.9. The predicted molar refractivity (Wildman–Crippen MR) is 98.2 cm³/mol. The monoisotopic (exact) mass is 427 g/mol. The molecule has 0 unspecified atom stereocenters. The van der Waals surface area contributed by atoms with E-state index < -0.39 is 11.9 Å². The molecular weight excluding hydrogens is 415 g/mol. The number of aromatic nitrogens is 4. The molecular formula is C17H13ClF3N5OS. The van der Waals surface area contributed by atoms with Crippen LogP contribution in [0.5, 0.6) is 0 Å². The highest BCUT2D eigenvalue weighted by Gasteiger charge is 2.42. The van der Waals surface area contributed by atoms with Gasteiger partial charge in [-0.3, -0.25) is 4.79 Å². The van der Waals surface area contributed by atoms with Crippen LogP contribution in [-0.4, -0.2) is 25.7 Å². The molecule has 1 amide bonds. The fraction of sp³-hybridized carbons (Fsp3) is 0.294. The van der Waals surface area contributed by atoms with Gasteiger partial charge in [0.1, 0.15) is 4.88 Å². The van der Waals surface area contributed by atoms with Crippen molar-refractivity contribution in [3.05, 3.63) is 50.8 Å². The largest absolute Gasteiger partial charge is 0.436 e. The average molecular weight is 428 g/mol. The van der Waals surface area contributed by atoms with E-state index in [1.54, 1.807) is 13.0 Å². The van der Waals surface area contributed by atoms with E-state index >= 15 is 0 Å². The number of rotatable bonds is 4. The van der Waals surface area contributed by atoms with E-state index in [2.05, 4.69) is 20.4 Å². The number of thiazole rings is 1. The first-order chi connectivity index (χ1) is 13.2. The Labute approximate surface area is 166 Å². The Morgan fingerprint density at radius 1 is 1.29 bits per heavy atom. The lowest BCUT2D eigenvalue weighted by atomic mass is 10.2. The summed E-state index contributed by atoms with van der Waals surface area (Å²) in [5, 5.41) is 6.72. The van der Waals surface area contributed by atoms with Gasteiger partial charge in [0.15, 0.2) is 11.5 Å². The van der Waals surface area contributed by atoms with E-state index in [1.165, 1.54) is 29.8 Å². The molecule has 0 aliphatic heterocycles. The standard InChI is InChI=1S/C17H13ClF3N5OS/c1-8-22-7-11(28-8)16(27)24-10-4-5-12(23-6-10)26-14(9-2-3-9)13(18)15(25-26)17(19,20)21/h4-7,9H,2-3H2,1H3,(H,24,27). The van der Waals surface area contributed by atoms with Crippen LogP contribution >= 0.6 is 22.9 Å². The van der Waals surface area contributed by atoms with Crippen LogP contribution in [0, 0.1) is 6.92 Å². The molecule has 11 heteroatoms. The van der Waals surface area contributed by atoms with E-state index in [1.807, 2.05) is 0 Å². The number of carbonyl (C=O) groups is 1. The quantitative estimate of drug-likeness (QED) is 0.647. The maximum Gasteiger partial charge on any atom is 0.436 e. The highest BCUT2D eigenvalue weighted by atomic mass is 35.5. The first-order valence-electron chi connectivity index (χ1n) is 8.30. The van der Waals surface area contributed by atoms with Gasteiger partial charge >= 0.3 is 6.18 Å². The SMILES string of the molecule is Cc1ncc(C(=O)Nc2ccc(-n3nc(C(F)(F)F)c(Cl)c3C3CC3)nc2)s1. The summed E-state index contributed by atoms with van der Waals surface area (Å²) in [6.45, 7) is 1.79. The van der Waals surface area contributed by atoms with Crippen LogP contribution in [0.4, 0.5) is 18.9 Å². The number of alkyl halides is 3. The zero-order chi connectivity index (χ0) is 20.1. The molecule has 1 N–H and O–H groups in total. The molecule has 0 aromatic carbocycles. The van der Waals surface area contributed by atoms with Crippen LogP contribution < -0.4 is 5.32 Å². The lowest BCUT2D eigenvalue weighted by Gasteiger charge is -2.08. The van der Waals surface area contributed by atoms with E-state index in [0.29, 0.717) is 16.3 Å². The molecule has 3 heterocycles. The summed E-state index contributed by atoms with van der Waals surface area (Å²) in [4.78, 5) is 20.8. The normalized spacial score (nSPS) is 14.3. The molecule has 0 atom stereocenters. The van der Waals surface area contributed by atoms with E-state index in [0.717, 1.165) is 22.5 Å². The first-order valence-corrected chi connectivity index (χ1v) is 9.49. The zero-order valence-electron chi connectivity index (χ0n) is 14.4. The number of hydrogen-bond acceptors (Lipinski definition) is 5. The van der Waals surface area contributed by atoms with Crippen LogP contribution in [0.15, 0.2) is 24.5 Å². The van der Waals surface area contributed by atoms with Gasteiger partial charge in [-0.2, -0.15) is 18.3 Å². The maximum atomic E-state index is 13.2. The zero-order valence-corrected chi connectivity index (χ0v) is 16.0. The number of anilines is 1. The van der Waals surface area contributed by atoms with E-state index in [9.17, 15) is 18.0 Å². The molecule has 0 saturated heterocycles. The fourth-order valence-corrected chi connectivity index (χ4v) is 3.77. The second-order valence-corrected chi connectivity index (χ2v) is 7.95. The average Bonchev–Trinajstić information content (AvgIpc) is 3.26. The summed E-state index contributed by atoms with van der Waals surface area (Å²) in [5.74, 6) is -0.196. The van der Waals surface area contributed by atoms with Crippen LogP contribution in [0.1, 0.15) is 44.8 Å². The third kappa shape index (κ3) is 3.61. The van der Waals surface area contributed by atoms with Crippen LogP contribution in [0.3, 0.4) is 0 Å². The highest BCUT2D eigenvalue weighted by Crippen LogP contribution is 2.47. The van der Waals surface area contributed by atoms with Gasteiger partial charge in [0.2, 0.25) is 0 Å². The molecule has 1 aliphatic rings. The second kappa shape index (κ2) is 6.85. The number of amides is 1. The fourth-order valence-electron chi connectivity index (χ4n) is 2.72. The third-order valence-corrected chi connectivity index (χ3v) is 5.45. The molecule has 4 rings (SSSR count). The minimum absolute atomic E-state index is 0.0631. The van der Waals surface area contributed by atoms with Gasteiger partial charge < -0.3 is 5.32 Å². The Kier molecular flexibility index (Phi) is 4.62. The minimum Gasteiger partial charge on any atom is -0.320 e. The van der Waals surface area contributed by atoms with Gasteiger partial charge in [-0.1, -0.05) is 11.6 Å². The maximum absolute atomic E-state index is 13.2.